The number of carboxylic acid groups (broad SMARTS) is 1. The van der Waals surface area contributed by atoms with Gasteiger partial charge in [0.25, 0.3) is 5.91 Å². The van der Waals surface area contributed by atoms with Gasteiger partial charge in [-0.1, -0.05) is 62.4 Å². The van der Waals surface area contributed by atoms with Crippen LogP contribution in [0.25, 0.3) is 11.1 Å². The Balaban J connectivity index is 1.51. The molecule has 0 aromatic heterocycles. The molecule has 0 bridgehead atoms. The second-order valence-electron chi connectivity index (χ2n) is 9.19. The van der Waals surface area contributed by atoms with E-state index in [0.29, 0.717) is 6.42 Å². The van der Waals surface area contributed by atoms with E-state index in [0.717, 1.165) is 22.3 Å². The van der Waals surface area contributed by atoms with Crippen molar-refractivity contribution < 1.29 is 33.0 Å². The van der Waals surface area contributed by atoms with E-state index in [1.54, 1.807) is 0 Å². The number of halogens is 2. The third-order valence-corrected chi connectivity index (χ3v) is 5.95. The maximum absolute atomic E-state index is 14.3. The number of fused-ring (bicyclic) bond motifs is 3. The largest absolute Gasteiger partial charge is 0.481 e. The minimum atomic E-state index is -3.88. The molecule has 0 spiro atoms. The zero-order valence-electron chi connectivity index (χ0n) is 19.7. The summed E-state index contributed by atoms with van der Waals surface area (Å²) in [5, 5.41) is 13.1. The molecular weight excluding hydrogens is 458 g/mol. The lowest BCUT2D eigenvalue weighted by Crippen LogP contribution is -2.49. The normalized spacial score (nSPS) is 13.6. The first-order valence-electron chi connectivity index (χ1n) is 11.5. The van der Waals surface area contributed by atoms with Crippen LogP contribution in [0.15, 0.2) is 48.5 Å². The number of amides is 2. The van der Waals surface area contributed by atoms with E-state index in [1.165, 1.54) is 0 Å². The van der Waals surface area contributed by atoms with E-state index in [9.17, 15) is 23.2 Å². The third kappa shape index (κ3) is 6.77. The number of hydrogen-bond donors (Lipinski definition) is 3. The second kappa shape index (κ2) is 11.3. The fourth-order valence-corrected chi connectivity index (χ4v) is 4.43. The van der Waals surface area contributed by atoms with Crippen LogP contribution in [0.5, 0.6) is 0 Å². The number of alkyl halides is 2. The van der Waals surface area contributed by atoms with Gasteiger partial charge in [0.05, 0.1) is 6.54 Å². The van der Waals surface area contributed by atoms with E-state index in [-0.39, 0.29) is 31.4 Å². The predicted octanol–water partition coefficient (Wildman–Crippen LogP) is 4.41. The highest BCUT2D eigenvalue weighted by Crippen LogP contribution is 2.44. The van der Waals surface area contributed by atoms with Crippen molar-refractivity contribution in [2.24, 2.45) is 11.8 Å². The summed E-state index contributed by atoms with van der Waals surface area (Å²) in [6.07, 6.45) is -0.819. The Labute approximate surface area is 202 Å². The molecule has 2 aromatic rings. The van der Waals surface area contributed by atoms with Gasteiger partial charge in [-0.15, -0.1) is 0 Å². The molecule has 9 heteroatoms. The quantitative estimate of drug-likeness (QED) is 0.435. The summed E-state index contributed by atoms with van der Waals surface area (Å²) in [6.45, 7) is 2.30. The summed E-state index contributed by atoms with van der Waals surface area (Å²) in [5.74, 6) is -7.06. The molecule has 2 amide bonds. The molecule has 188 valence electrons. The molecule has 1 atom stereocenters. The van der Waals surface area contributed by atoms with Crippen LogP contribution in [0.2, 0.25) is 0 Å². The molecule has 1 aliphatic rings. The van der Waals surface area contributed by atoms with E-state index < -0.39 is 36.4 Å². The van der Waals surface area contributed by atoms with Crippen molar-refractivity contribution in [2.75, 3.05) is 19.7 Å². The van der Waals surface area contributed by atoms with Crippen LogP contribution < -0.4 is 10.6 Å². The molecule has 0 aliphatic heterocycles. The van der Waals surface area contributed by atoms with Crippen molar-refractivity contribution in [3.63, 3.8) is 0 Å². The van der Waals surface area contributed by atoms with Crippen LogP contribution in [0.4, 0.5) is 13.6 Å². The molecule has 0 fully saturated rings. The molecule has 1 unspecified atom stereocenters. The molecule has 3 rings (SSSR count). The zero-order valence-corrected chi connectivity index (χ0v) is 19.7. The molecule has 1 aliphatic carbocycles. The fraction of sp³-hybridized carbons (Fsp3) is 0.423. The van der Waals surface area contributed by atoms with Crippen molar-refractivity contribution in [3.8, 4) is 11.1 Å². The molecule has 0 radical (unpaired) electrons. The molecule has 3 N–H and O–H groups in total. The number of hydrogen-bond acceptors (Lipinski definition) is 4. The Morgan fingerprint density at radius 3 is 2.11 bits per heavy atom. The highest BCUT2D eigenvalue weighted by molar-refractivity contribution is 5.84. The SMILES string of the molecule is CC(C)CC(CNC(=O)C(F)(F)CNC(=O)OCC1c2ccccc2-c2ccccc21)CC(=O)O. The molecule has 7 nitrogen and oxygen atoms in total. The second-order valence-corrected chi connectivity index (χ2v) is 9.19. The van der Waals surface area contributed by atoms with Gasteiger partial charge in [-0.3, -0.25) is 9.59 Å². The Hall–Kier alpha value is -3.49. The van der Waals surface area contributed by atoms with Crippen LogP contribution in [-0.4, -0.2) is 48.7 Å². The number of nitrogens with one attached hydrogen (secondary N) is 2. The average molecular weight is 489 g/mol. The lowest BCUT2D eigenvalue weighted by Gasteiger charge is -2.21. The number of carboxylic acids is 1. The van der Waals surface area contributed by atoms with Crippen molar-refractivity contribution >= 4 is 18.0 Å². The minimum Gasteiger partial charge on any atom is -0.481 e. The average Bonchev–Trinajstić information content (AvgIpc) is 3.12. The smallest absolute Gasteiger partial charge is 0.407 e. The molecule has 0 heterocycles. The third-order valence-electron chi connectivity index (χ3n) is 5.95. The van der Waals surface area contributed by atoms with E-state index in [1.807, 2.05) is 67.7 Å². The Morgan fingerprint density at radius 1 is 1.00 bits per heavy atom. The molecule has 35 heavy (non-hydrogen) atoms. The molecular formula is C26H30F2N2O5. The summed E-state index contributed by atoms with van der Waals surface area (Å²) in [6, 6.07) is 15.5. The summed E-state index contributed by atoms with van der Waals surface area (Å²) < 4.78 is 33.8. The van der Waals surface area contributed by atoms with Crippen LogP contribution >= 0.6 is 0 Å². The van der Waals surface area contributed by atoms with E-state index in [4.69, 9.17) is 9.84 Å². The highest BCUT2D eigenvalue weighted by Gasteiger charge is 2.39. The van der Waals surface area contributed by atoms with Gasteiger partial charge in [-0.25, -0.2) is 4.79 Å². The monoisotopic (exact) mass is 488 g/mol. The molecule has 2 aromatic carbocycles. The van der Waals surface area contributed by atoms with Crippen LogP contribution in [0, 0.1) is 11.8 Å². The van der Waals surface area contributed by atoms with Gasteiger partial charge in [0, 0.05) is 18.9 Å². The van der Waals surface area contributed by atoms with E-state index >= 15 is 0 Å². The number of rotatable bonds is 11. The van der Waals surface area contributed by atoms with Crippen molar-refractivity contribution in [2.45, 2.75) is 38.5 Å². The first-order valence-corrected chi connectivity index (χ1v) is 11.5. The van der Waals surface area contributed by atoms with Crippen LogP contribution in [-0.2, 0) is 14.3 Å². The first kappa shape index (κ1) is 26.1. The zero-order chi connectivity index (χ0) is 25.6. The first-order chi connectivity index (χ1) is 16.6. The van der Waals surface area contributed by atoms with Crippen molar-refractivity contribution in [3.05, 3.63) is 59.7 Å². The Bertz CT molecular complexity index is 1030. The fourth-order valence-electron chi connectivity index (χ4n) is 4.43. The van der Waals surface area contributed by atoms with Crippen molar-refractivity contribution in [1.82, 2.24) is 10.6 Å². The van der Waals surface area contributed by atoms with Gasteiger partial charge in [-0.05, 0) is 40.5 Å². The molecule has 0 saturated heterocycles. The lowest BCUT2D eigenvalue weighted by atomic mass is 9.94. The number of benzene rings is 2. The van der Waals surface area contributed by atoms with Gasteiger partial charge in [-0.2, -0.15) is 8.78 Å². The molecule has 0 saturated carbocycles. The number of carbonyl (C=O) groups is 3. The summed E-state index contributed by atoms with van der Waals surface area (Å²) >= 11 is 0. The number of aliphatic carboxylic acids is 1. The maximum Gasteiger partial charge on any atom is 0.407 e. The Kier molecular flexibility index (Phi) is 8.43. The van der Waals surface area contributed by atoms with Gasteiger partial charge in [0.1, 0.15) is 6.61 Å². The summed E-state index contributed by atoms with van der Waals surface area (Å²) in [4.78, 5) is 35.1. The number of carbonyl (C=O) groups excluding carboxylic acids is 2. The minimum absolute atomic E-state index is 0.0380. The topological polar surface area (TPSA) is 105 Å². The highest BCUT2D eigenvalue weighted by atomic mass is 19.3. The van der Waals surface area contributed by atoms with Crippen molar-refractivity contribution in [1.29, 1.82) is 0 Å². The van der Waals surface area contributed by atoms with Gasteiger partial charge < -0.3 is 20.5 Å². The van der Waals surface area contributed by atoms with Crippen LogP contribution in [0.1, 0.15) is 43.7 Å². The van der Waals surface area contributed by atoms with Gasteiger partial charge >= 0.3 is 18.0 Å². The maximum atomic E-state index is 14.3. The number of alkyl carbamates (subject to hydrolysis) is 1. The summed E-state index contributed by atoms with van der Waals surface area (Å²) in [7, 11) is 0. The standard InChI is InChI=1S/C26H30F2N2O5/c1-16(2)11-17(12-23(31)32)13-29-24(33)26(27,28)15-30-25(34)35-14-22-20-9-5-3-7-18(20)19-8-4-6-10-21(19)22/h3-10,16-17,22H,11-15H2,1-2H3,(H,29,33)(H,30,34)(H,31,32). The lowest BCUT2D eigenvalue weighted by molar-refractivity contribution is -0.145. The van der Waals surface area contributed by atoms with Crippen LogP contribution in [0.3, 0.4) is 0 Å². The van der Waals surface area contributed by atoms with Gasteiger partial charge in [0.15, 0.2) is 0 Å². The van der Waals surface area contributed by atoms with Gasteiger partial charge in [0.2, 0.25) is 0 Å². The Morgan fingerprint density at radius 2 is 1.57 bits per heavy atom. The summed E-state index contributed by atoms with van der Waals surface area (Å²) in [5.41, 5.74) is 4.06. The van der Waals surface area contributed by atoms with E-state index in [2.05, 4.69) is 5.32 Å². The number of ether oxygens (including phenoxy) is 1. The predicted molar refractivity (Wildman–Crippen MR) is 126 cm³/mol.